The lowest BCUT2D eigenvalue weighted by molar-refractivity contribution is -0.137. The average molecular weight is 277 g/mol. The maximum atomic E-state index is 12.5. The van der Waals surface area contributed by atoms with Crippen molar-refractivity contribution in [2.24, 2.45) is 0 Å². The van der Waals surface area contributed by atoms with Gasteiger partial charge in [-0.25, -0.2) is 0 Å². The van der Waals surface area contributed by atoms with Crippen molar-refractivity contribution in [1.29, 1.82) is 0 Å². The molecule has 4 nitrogen and oxygen atoms in total. The number of alkyl halides is 3. The lowest BCUT2D eigenvalue weighted by atomic mass is 10.1. The van der Waals surface area contributed by atoms with Gasteiger partial charge in [-0.05, 0) is 11.6 Å². The van der Waals surface area contributed by atoms with E-state index in [1.165, 1.54) is 12.1 Å². The number of benzene rings is 1. The fourth-order valence-electron chi connectivity index (χ4n) is 1.47. The van der Waals surface area contributed by atoms with E-state index in [9.17, 15) is 18.0 Å². The van der Waals surface area contributed by atoms with Gasteiger partial charge in [0, 0.05) is 0 Å². The molecule has 0 heterocycles. The molecule has 0 aliphatic rings. The minimum Gasteiger partial charge on any atom is -0.394 e. The van der Waals surface area contributed by atoms with E-state index >= 15 is 0 Å². The summed E-state index contributed by atoms with van der Waals surface area (Å²) in [5.41, 5.74) is -0.611. The lowest BCUT2D eigenvalue weighted by Gasteiger charge is -2.13. The predicted octanol–water partition coefficient (Wildman–Crippen LogP) is 0.717. The number of nitrogens with one attached hydrogen (secondary N) is 1. The van der Waals surface area contributed by atoms with Gasteiger partial charge < -0.3 is 15.5 Å². The van der Waals surface area contributed by atoms with Crippen LogP contribution in [-0.2, 0) is 17.4 Å². The Morgan fingerprint density at radius 1 is 1.26 bits per heavy atom. The molecule has 0 aromatic heterocycles. The van der Waals surface area contributed by atoms with Crippen LogP contribution in [0.5, 0.6) is 0 Å². The van der Waals surface area contributed by atoms with E-state index in [1.54, 1.807) is 0 Å². The highest BCUT2D eigenvalue weighted by Crippen LogP contribution is 2.29. The molecule has 19 heavy (non-hydrogen) atoms. The van der Waals surface area contributed by atoms with Crippen molar-refractivity contribution in [1.82, 2.24) is 5.32 Å². The van der Waals surface area contributed by atoms with Crippen molar-refractivity contribution in [3.05, 3.63) is 35.4 Å². The summed E-state index contributed by atoms with van der Waals surface area (Å²) in [5, 5.41) is 19.8. The SMILES string of the molecule is O=C(Cc1cccc(C(F)(F)F)c1)NC(CO)CO. The van der Waals surface area contributed by atoms with Gasteiger partial charge in [0.25, 0.3) is 0 Å². The number of carbonyl (C=O) groups excluding carboxylic acids is 1. The van der Waals surface area contributed by atoms with Crippen LogP contribution in [0, 0.1) is 0 Å². The molecular weight excluding hydrogens is 263 g/mol. The largest absolute Gasteiger partial charge is 0.416 e. The number of hydrogen-bond donors (Lipinski definition) is 3. The van der Waals surface area contributed by atoms with Crippen LogP contribution >= 0.6 is 0 Å². The molecule has 1 aromatic carbocycles. The Hall–Kier alpha value is -1.60. The van der Waals surface area contributed by atoms with Crippen LogP contribution in [0.2, 0.25) is 0 Å². The van der Waals surface area contributed by atoms with Crippen molar-refractivity contribution in [3.8, 4) is 0 Å². The van der Waals surface area contributed by atoms with Crippen molar-refractivity contribution >= 4 is 5.91 Å². The molecule has 1 rings (SSSR count). The van der Waals surface area contributed by atoms with Crippen LogP contribution in [0.1, 0.15) is 11.1 Å². The van der Waals surface area contributed by atoms with Crippen LogP contribution < -0.4 is 5.32 Å². The molecule has 7 heteroatoms. The Labute approximate surface area is 107 Å². The van der Waals surface area contributed by atoms with Crippen LogP contribution in [-0.4, -0.2) is 35.4 Å². The Balaban J connectivity index is 2.70. The fourth-order valence-corrected chi connectivity index (χ4v) is 1.47. The highest BCUT2D eigenvalue weighted by Gasteiger charge is 2.30. The van der Waals surface area contributed by atoms with Gasteiger partial charge in [-0.15, -0.1) is 0 Å². The van der Waals surface area contributed by atoms with Gasteiger partial charge in [-0.1, -0.05) is 18.2 Å². The van der Waals surface area contributed by atoms with Crippen molar-refractivity contribution in [2.45, 2.75) is 18.6 Å². The molecule has 106 valence electrons. The number of carbonyl (C=O) groups is 1. The third kappa shape index (κ3) is 4.88. The molecule has 0 unspecified atom stereocenters. The molecule has 1 aromatic rings. The third-order valence-corrected chi connectivity index (χ3v) is 2.42. The topological polar surface area (TPSA) is 69.6 Å². The van der Waals surface area contributed by atoms with Gasteiger partial charge in [0.1, 0.15) is 0 Å². The maximum absolute atomic E-state index is 12.5. The summed E-state index contributed by atoms with van der Waals surface area (Å²) in [7, 11) is 0. The van der Waals surface area contributed by atoms with E-state index in [4.69, 9.17) is 10.2 Å². The second kappa shape index (κ2) is 6.53. The summed E-state index contributed by atoms with van der Waals surface area (Å²) in [6.45, 7) is -0.879. The van der Waals surface area contributed by atoms with E-state index < -0.39 is 36.9 Å². The number of aliphatic hydroxyl groups is 2. The quantitative estimate of drug-likeness (QED) is 0.742. The van der Waals surface area contributed by atoms with Gasteiger partial charge in [0.2, 0.25) is 5.91 Å². The zero-order valence-electron chi connectivity index (χ0n) is 9.94. The third-order valence-electron chi connectivity index (χ3n) is 2.42. The molecule has 0 fully saturated rings. The van der Waals surface area contributed by atoms with E-state index in [1.807, 2.05) is 0 Å². The first-order chi connectivity index (χ1) is 8.86. The second-order valence-electron chi connectivity index (χ2n) is 4.00. The molecule has 0 atom stereocenters. The standard InChI is InChI=1S/C12H14F3NO3/c13-12(14,15)9-3-1-2-8(4-9)5-11(19)16-10(6-17)7-18/h1-4,10,17-18H,5-7H2,(H,16,19). The summed E-state index contributed by atoms with van der Waals surface area (Å²) < 4.78 is 37.4. The monoisotopic (exact) mass is 277 g/mol. The normalized spacial score (nSPS) is 11.7. The first-order valence-electron chi connectivity index (χ1n) is 5.54. The van der Waals surface area contributed by atoms with Crippen LogP contribution in [0.15, 0.2) is 24.3 Å². The Kier molecular flexibility index (Phi) is 5.31. The zero-order chi connectivity index (χ0) is 14.5. The van der Waals surface area contributed by atoms with Gasteiger partial charge in [0.15, 0.2) is 0 Å². The van der Waals surface area contributed by atoms with Gasteiger partial charge >= 0.3 is 6.18 Å². The first-order valence-corrected chi connectivity index (χ1v) is 5.54. The molecule has 0 radical (unpaired) electrons. The van der Waals surface area contributed by atoms with Crippen molar-refractivity contribution in [2.75, 3.05) is 13.2 Å². The molecule has 0 spiro atoms. The highest BCUT2D eigenvalue weighted by molar-refractivity contribution is 5.78. The van der Waals surface area contributed by atoms with Gasteiger partial charge in [-0.2, -0.15) is 13.2 Å². The number of hydrogen-bond acceptors (Lipinski definition) is 3. The number of amides is 1. The Bertz CT molecular complexity index is 430. The fraction of sp³-hybridized carbons (Fsp3) is 0.417. The molecule has 0 saturated carbocycles. The molecule has 3 N–H and O–H groups in total. The van der Waals surface area contributed by atoms with E-state index in [0.717, 1.165) is 12.1 Å². The predicted molar refractivity (Wildman–Crippen MR) is 61.3 cm³/mol. The minimum absolute atomic E-state index is 0.210. The van der Waals surface area contributed by atoms with E-state index in [0.29, 0.717) is 0 Å². The molecular formula is C12H14F3NO3. The van der Waals surface area contributed by atoms with E-state index in [2.05, 4.69) is 5.32 Å². The molecule has 0 aliphatic carbocycles. The first kappa shape index (κ1) is 15.5. The smallest absolute Gasteiger partial charge is 0.394 e. The summed E-state index contributed by atoms with van der Waals surface area (Å²) in [6, 6.07) is 3.64. The molecule has 0 aliphatic heterocycles. The number of rotatable bonds is 5. The minimum atomic E-state index is -4.45. The average Bonchev–Trinajstić information content (AvgIpc) is 2.35. The van der Waals surface area contributed by atoms with Crippen molar-refractivity contribution in [3.63, 3.8) is 0 Å². The van der Waals surface area contributed by atoms with Crippen LogP contribution in [0.25, 0.3) is 0 Å². The van der Waals surface area contributed by atoms with Gasteiger partial charge in [0.05, 0.1) is 31.2 Å². The summed E-state index contributed by atoms with van der Waals surface area (Å²) in [6.07, 6.45) is -4.70. The summed E-state index contributed by atoms with van der Waals surface area (Å²) >= 11 is 0. The molecule has 1 amide bonds. The highest BCUT2D eigenvalue weighted by atomic mass is 19.4. The Morgan fingerprint density at radius 2 is 1.89 bits per heavy atom. The maximum Gasteiger partial charge on any atom is 0.416 e. The van der Waals surface area contributed by atoms with Crippen LogP contribution in [0.3, 0.4) is 0 Å². The lowest BCUT2D eigenvalue weighted by Crippen LogP contribution is -2.40. The number of aliphatic hydroxyl groups excluding tert-OH is 2. The second-order valence-corrected chi connectivity index (χ2v) is 4.00. The van der Waals surface area contributed by atoms with Crippen LogP contribution in [0.4, 0.5) is 13.2 Å². The van der Waals surface area contributed by atoms with E-state index in [-0.39, 0.29) is 12.0 Å². The Morgan fingerprint density at radius 3 is 2.42 bits per heavy atom. The zero-order valence-corrected chi connectivity index (χ0v) is 9.94. The summed E-state index contributed by atoms with van der Waals surface area (Å²) in [4.78, 5) is 11.5. The van der Waals surface area contributed by atoms with Crippen molar-refractivity contribution < 1.29 is 28.2 Å². The molecule has 0 saturated heterocycles. The molecule has 0 bridgehead atoms. The summed E-state index contributed by atoms with van der Waals surface area (Å²) in [5.74, 6) is -0.563. The van der Waals surface area contributed by atoms with Gasteiger partial charge in [-0.3, -0.25) is 4.79 Å². The number of halogens is 3.